The van der Waals surface area contributed by atoms with Crippen molar-refractivity contribution in [2.45, 2.75) is 25.8 Å². The van der Waals surface area contributed by atoms with E-state index in [2.05, 4.69) is 19.9 Å². The van der Waals surface area contributed by atoms with Gasteiger partial charge in [-0.15, -0.1) is 0 Å². The molecule has 33 heavy (non-hydrogen) atoms. The van der Waals surface area contributed by atoms with Gasteiger partial charge in [-0.05, 0) is 43.3 Å². The smallest absolute Gasteiger partial charge is 0.240 e. The number of hydrogen-bond donors (Lipinski definition) is 0. The minimum atomic E-state index is -0.0509. The van der Waals surface area contributed by atoms with Gasteiger partial charge in [0, 0.05) is 62.0 Å². The van der Waals surface area contributed by atoms with Gasteiger partial charge < -0.3 is 14.3 Å². The van der Waals surface area contributed by atoms with E-state index in [9.17, 15) is 9.59 Å². The minimum absolute atomic E-state index is 0.0509. The summed E-state index contributed by atoms with van der Waals surface area (Å²) < 4.78 is 5.52. The molecule has 2 saturated heterocycles. The Kier molecular flexibility index (Phi) is 5.92. The molecule has 2 fully saturated rings. The first-order chi connectivity index (χ1) is 16.1. The third-order valence-electron chi connectivity index (χ3n) is 6.41. The number of hydrogen-bond acceptors (Lipinski definition) is 7. The van der Waals surface area contributed by atoms with E-state index in [4.69, 9.17) is 4.52 Å². The van der Waals surface area contributed by atoms with Crippen LogP contribution in [0.3, 0.4) is 0 Å². The largest absolute Gasteiger partial charge is 0.369 e. The molecular formula is C25H27N5O3. The van der Waals surface area contributed by atoms with Crippen molar-refractivity contribution in [2.24, 2.45) is 0 Å². The highest BCUT2D eigenvalue weighted by Crippen LogP contribution is 2.30. The summed E-state index contributed by atoms with van der Waals surface area (Å²) in [7, 11) is 0. The number of nitrogens with zero attached hydrogens (tertiary/aromatic N) is 5. The number of rotatable bonds is 6. The van der Waals surface area contributed by atoms with Crippen molar-refractivity contribution >= 4 is 23.1 Å². The topological polar surface area (TPSA) is 82.8 Å². The second-order valence-electron chi connectivity index (χ2n) is 8.65. The molecule has 3 heterocycles. The predicted molar refractivity (Wildman–Crippen MR) is 124 cm³/mol. The van der Waals surface area contributed by atoms with Crippen molar-refractivity contribution < 1.29 is 14.1 Å². The van der Waals surface area contributed by atoms with Gasteiger partial charge in [-0.3, -0.25) is 14.5 Å². The molecule has 3 aromatic rings. The first kappa shape index (κ1) is 21.3. The normalized spacial score (nSPS) is 19.3. The van der Waals surface area contributed by atoms with Gasteiger partial charge in [-0.2, -0.15) is 4.98 Å². The summed E-state index contributed by atoms with van der Waals surface area (Å²) in [6.07, 6.45) is 0.398. The van der Waals surface area contributed by atoms with Crippen LogP contribution in [0.25, 0.3) is 0 Å². The summed E-state index contributed by atoms with van der Waals surface area (Å²) in [4.78, 5) is 35.0. The number of piperazine rings is 1. The van der Waals surface area contributed by atoms with E-state index in [-0.39, 0.29) is 17.6 Å². The van der Waals surface area contributed by atoms with Gasteiger partial charge in [0.25, 0.3) is 0 Å². The predicted octanol–water partition coefficient (Wildman–Crippen LogP) is 3.11. The third kappa shape index (κ3) is 4.66. The van der Waals surface area contributed by atoms with Crippen LogP contribution < -0.4 is 9.80 Å². The average molecular weight is 446 g/mol. The second kappa shape index (κ2) is 9.15. The fraction of sp³-hybridized carbons (Fsp3) is 0.360. The minimum Gasteiger partial charge on any atom is -0.369 e. The Bertz CT molecular complexity index is 1120. The Morgan fingerprint density at radius 1 is 1.00 bits per heavy atom. The lowest BCUT2D eigenvalue weighted by Gasteiger charge is -2.35. The fourth-order valence-corrected chi connectivity index (χ4v) is 4.50. The Labute approximate surface area is 192 Å². The monoisotopic (exact) mass is 445 g/mol. The van der Waals surface area contributed by atoms with Crippen LogP contribution in [-0.4, -0.2) is 59.5 Å². The van der Waals surface area contributed by atoms with Gasteiger partial charge in [-0.25, -0.2) is 0 Å². The first-order valence-electron chi connectivity index (χ1n) is 11.3. The van der Waals surface area contributed by atoms with Crippen LogP contribution in [0, 0.1) is 0 Å². The van der Waals surface area contributed by atoms with E-state index < -0.39 is 0 Å². The van der Waals surface area contributed by atoms with Gasteiger partial charge in [0.2, 0.25) is 11.8 Å². The molecule has 0 unspecified atom stereocenters. The summed E-state index contributed by atoms with van der Waals surface area (Å²) in [6.45, 7) is 6.32. The molecule has 0 N–H and O–H groups in total. The molecule has 0 saturated carbocycles. The molecule has 0 bridgehead atoms. The van der Waals surface area contributed by atoms with Gasteiger partial charge in [0.05, 0.1) is 6.54 Å². The molecule has 170 valence electrons. The maximum atomic E-state index is 12.5. The van der Waals surface area contributed by atoms with Crippen molar-refractivity contribution in [3.63, 3.8) is 0 Å². The third-order valence-corrected chi connectivity index (χ3v) is 6.41. The number of aromatic nitrogens is 2. The van der Waals surface area contributed by atoms with Crippen molar-refractivity contribution in [2.75, 3.05) is 42.5 Å². The zero-order valence-electron chi connectivity index (χ0n) is 18.7. The van der Waals surface area contributed by atoms with Crippen LogP contribution in [0.5, 0.6) is 0 Å². The highest BCUT2D eigenvalue weighted by Gasteiger charge is 2.34. The van der Waals surface area contributed by atoms with Gasteiger partial charge in [0.15, 0.2) is 11.6 Å². The fourth-order valence-electron chi connectivity index (χ4n) is 4.50. The first-order valence-corrected chi connectivity index (χ1v) is 11.3. The van der Waals surface area contributed by atoms with Crippen molar-refractivity contribution in [3.8, 4) is 0 Å². The van der Waals surface area contributed by atoms with Crippen molar-refractivity contribution in [3.05, 3.63) is 71.9 Å². The molecule has 5 rings (SSSR count). The number of anilines is 2. The lowest BCUT2D eigenvalue weighted by molar-refractivity contribution is -0.117. The summed E-state index contributed by atoms with van der Waals surface area (Å²) in [6, 6.07) is 17.5. The number of ketones is 1. The Balaban J connectivity index is 1.15. The Morgan fingerprint density at radius 3 is 2.42 bits per heavy atom. The summed E-state index contributed by atoms with van der Waals surface area (Å²) in [5, 5.41) is 4.18. The molecule has 2 aliphatic rings. The number of Topliss-reactive ketones (excluding diaryl/α,β-unsaturated/α-hetero) is 1. The Morgan fingerprint density at radius 2 is 1.73 bits per heavy atom. The van der Waals surface area contributed by atoms with Crippen LogP contribution in [0.15, 0.2) is 59.1 Å². The lowest BCUT2D eigenvalue weighted by atomic mass is 10.1. The number of benzene rings is 2. The van der Waals surface area contributed by atoms with Gasteiger partial charge in [-0.1, -0.05) is 23.4 Å². The number of carbonyl (C=O) groups excluding carboxylic acids is 2. The molecule has 0 aliphatic carbocycles. The quantitative estimate of drug-likeness (QED) is 0.539. The van der Waals surface area contributed by atoms with Gasteiger partial charge in [0.1, 0.15) is 0 Å². The molecule has 8 heteroatoms. The maximum Gasteiger partial charge on any atom is 0.240 e. The summed E-state index contributed by atoms with van der Waals surface area (Å²) in [5.74, 6) is 1.32. The molecule has 1 atom stereocenters. The molecule has 0 radical (unpaired) electrons. The number of para-hydroxylation sites is 1. The Hall–Kier alpha value is -3.52. The second-order valence-corrected chi connectivity index (χ2v) is 8.65. The average Bonchev–Trinajstić information content (AvgIpc) is 3.47. The van der Waals surface area contributed by atoms with E-state index in [1.54, 1.807) is 11.8 Å². The molecule has 8 nitrogen and oxygen atoms in total. The van der Waals surface area contributed by atoms with E-state index >= 15 is 0 Å². The van der Waals surface area contributed by atoms with Crippen molar-refractivity contribution in [1.82, 2.24) is 15.0 Å². The molecule has 1 aromatic heterocycles. The van der Waals surface area contributed by atoms with Crippen molar-refractivity contribution in [1.29, 1.82) is 0 Å². The van der Waals surface area contributed by atoms with Gasteiger partial charge >= 0.3 is 0 Å². The van der Waals surface area contributed by atoms with Crippen LogP contribution in [0.4, 0.5) is 11.4 Å². The van der Waals surface area contributed by atoms with E-state index in [0.717, 1.165) is 43.1 Å². The lowest BCUT2D eigenvalue weighted by Crippen LogP contribution is -2.46. The standard InChI is InChI=1S/C25H27N5O3/c1-18(31)19-7-9-21(10-8-19)29-13-11-28(12-14-29)17-23-26-25(27-33-23)20-15-24(32)30(16-20)22-5-3-2-4-6-22/h2-10,20H,11-17H2,1H3/t20-/m0/s1. The maximum absolute atomic E-state index is 12.5. The number of amides is 1. The van der Waals surface area contributed by atoms with E-state index in [1.165, 1.54) is 0 Å². The zero-order chi connectivity index (χ0) is 22.8. The van der Waals surface area contributed by atoms with Crippen LogP contribution >= 0.6 is 0 Å². The SMILES string of the molecule is CC(=O)c1ccc(N2CCN(Cc3nc([C@H]4CC(=O)N(c5ccccc5)C4)no3)CC2)cc1. The molecule has 2 aromatic carbocycles. The molecular weight excluding hydrogens is 418 g/mol. The summed E-state index contributed by atoms with van der Waals surface area (Å²) in [5.41, 5.74) is 2.77. The zero-order valence-corrected chi connectivity index (χ0v) is 18.7. The summed E-state index contributed by atoms with van der Waals surface area (Å²) >= 11 is 0. The highest BCUT2D eigenvalue weighted by molar-refractivity contribution is 5.96. The van der Waals surface area contributed by atoms with Crippen LogP contribution in [-0.2, 0) is 11.3 Å². The van der Waals surface area contributed by atoms with Crippen LogP contribution in [0.2, 0.25) is 0 Å². The molecule has 1 amide bonds. The van der Waals surface area contributed by atoms with E-state index in [1.807, 2.05) is 54.6 Å². The van der Waals surface area contributed by atoms with Crippen LogP contribution in [0.1, 0.15) is 41.3 Å². The highest BCUT2D eigenvalue weighted by atomic mass is 16.5. The molecule has 0 spiro atoms. The number of carbonyl (C=O) groups is 2. The van der Waals surface area contributed by atoms with E-state index in [0.29, 0.717) is 31.2 Å². The molecule has 2 aliphatic heterocycles.